The van der Waals surface area contributed by atoms with Gasteiger partial charge in [-0.15, -0.1) is 0 Å². The summed E-state index contributed by atoms with van der Waals surface area (Å²) in [6, 6.07) is 1.94. The predicted octanol–water partition coefficient (Wildman–Crippen LogP) is 1.92. The highest BCUT2D eigenvalue weighted by molar-refractivity contribution is 9.10. The van der Waals surface area contributed by atoms with Crippen molar-refractivity contribution in [3.63, 3.8) is 0 Å². The number of halogens is 1. The first-order chi connectivity index (χ1) is 5.70. The van der Waals surface area contributed by atoms with Crippen molar-refractivity contribution < 1.29 is 0 Å². The number of aromatic nitrogens is 2. The SMILES string of the molecule is Cn1cc(N)c2c(Br)nccc21. The predicted molar refractivity (Wildman–Crippen MR) is 52.8 cm³/mol. The van der Waals surface area contributed by atoms with Gasteiger partial charge < -0.3 is 10.3 Å². The lowest BCUT2D eigenvalue weighted by Crippen LogP contribution is -1.84. The van der Waals surface area contributed by atoms with Gasteiger partial charge in [-0.1, -0.05) is 0 Å². The molecule has 4 heteroatoms. The summed E-state index contributed by atoms with van der Waals surface area (Å²) in [6.45, 7) is 0. The lowest BCUT2D eigenvalue weighted by molar-refractivity contribution is 0.969. The minimum atomic E-state index is 0.757. The van der Waals surface area contributed by atoms with Gasteiger partial charge in [0.05, 0.1) is 16.6 Å². The second kappa shape index (κ2) is 2.48. The molecule has 0 aromatic carbocycles. The first kappa shape index (κ1) is 7.61. The molecular weight excluding hydrogens is 218 g/mol. The molecule has 2 N–H and O–H groups in total. The van der Waals surface area contributed by atoms with Gasteiger partial charge >= 0.3 is 0 Å². The summed E-state index contributed by atoms with van der Waals surface area (Å²) in [6.07, 6.45) is 3.64. The van der Waals surface area contributed by atoms with E-state index in [2.05, 4.69) is 20.9 Å². The molecule has 0 radical (unpaired) electrons. The number of nitrogens with zero attached hydrogens (tertiary/aromatic N) is 2. The van der Waals surface area contributed by atoms with Gasteiger partial charge in [0.15, 0.2) is 0 Å². The van der Waals surface area contributed by atoms with Gasteiger partial charge in [0, 0.05) is 19.4 Å². The third kappa shape index (κ3) is 0.914. The van der Waals surface area contributed by atoms with E-state index in [0.29, 0.717) is 0 Å². The van der Waals surface area contributed by atoms with Gasteiger partial charge in [0.2, 0.25) is 0 Å². The van der Waals surface area contributed by atoms with Crippen molar-refractivity contribution in [2.24, 2.45) is 7.05 Å². The molecule has 0 spiro atoms. The standard InChI is InChI=1S/C8H8BrN3/c1-12-4-5(10)7-6(12)2-3-11-8(7)9/h2-4H,10H2,1H3. The second-order valence-electron chi connectivity index (χ2n) is 2.69. The van der Waals surface area contributed by atoms with Crippen LogP contribution in [0, 0.1) is 0 Å². The highest BCUT2D eigenvalue weighted by atomic mass is 79.9. The zero-order chi connectivity index (χ0) is 8.72. The molecule has 2 rings (SSSR count). The number of hydrogen-bond donors (Lipinski definition) is 1. The van der Waals surface area contributed by atoms with E-state index >= 15 is 0 Å². The van der Waals surface area contributed by atoms with Crippen LogP contribution >= 0.6 is 15.9 Å². The highest BCUT2D eigenvalue weighted by Crippen LogP contribution is 2.27. The Balaban J connectivity index is 2.99. The Morgan fingerprint density at radius 1 is 1.58 bits per heavy atom. The lowest BCUT2D eigenvalue weighted by Gasteiger charge is -1.95. The van der Waals surface area contributed by atoms with Crippen molar-refractivity contribution in [2.45, 2.75) is 0 Å². The molecule has 0 aliphatic carbocycles. The van der Waals surface area contributed by atoms with E-state index in [0.717, 1.165) is 21.2 Å². The van der Waals surface area contributed by atoms with Crippen LogP contribution in [0.3, 0.4) is 0 Å². The molecule has 0 amide bonds. The number of aryl methyl sites for hydroxylation is 1. The van der Waals surface area contributed by atoms with Crippen LogP contribution in [0.25, 0.3) is 10.9 Å². The Morgan fingerprint density at radius 3 is 3.00 bits per heavy atom. The molecule has 62 valence electrons. The van der Waals surface area contributed by atoms with Crippen LogP contribution in [-0.4, -0.2) is 9.55 Å². The van der Waals surface area contributed by atoms with Gasteiger partial charge in [-0.2, -0.15) is 0 Å². The van der Waals surface area contributed by atoms with Crippen molar-refractivity contribution in [1.82, 2.24) is 9.55 Å². The molecule has 2 aromatic rings. The van der Waals surface area contributed by atoms with Gasteiger partial charge in [-0.05, 0) is 22.0 Å². The fourth-order valence-corrected chi connectivity index (χ4v) is 1.88. The quantitative estimate of drug-likeness (QED) is 0.697. The monoisotopic (exact) mass is 225 g/mol. The van der Waals surface area contributed by atoms with Crippen molar-refractivity contribution in [3.8, 4) is 0 Å². The van der Waals surface area contributed by atoms with E-state index in [4.69, 9.17) is 5.73 Å². The molecular formula is C8H8BrN3. The van der Waals surface area contributed by atoms with Crippen LogP contribution in [-0.2, 0) is 7.05 Å². The van der Waals surface area contributed by atoms with Crippen LogP contribution in [0.2, 0.25) is 0 Å². The number of nitrogen functional groups attached to an aromatic ring is 1. The summed E-state index contributed by atoms with van der Waals surface area (Å²) < 4.78 is 2.79. The van der Waals surface area contributed by atoms with Gasteiger partial charge in [0.1, 0.15) is 4.60 Å². The van der Waals surface area contributed by atoms with Crippen LogP contribution < -0.4 is 5.73 Å². The Bertz CT molecular complexity index is 433. The molecule has 2 heterocycles. The molecule has 0 unspecified atom stereocenters. The van der Waals surface area contributed by atoms with E-state index in [1.165, 1.54) is 0 Å². The summed E-state index contributed by atoms with van der Waals surface area (Å²) >= 11 is 3.36. The number of hydrogen-bond acceptors (Lipinski definition) is 2. The Morgan fingerprint density at radius 2 is 2.33 bits per heavy atom. The zero-order valence-corrected chi connectivity index (χ0v) is 8.17. The van der Waals surface area contributed by atoms with E-state index in [1.807, 2.05) is 23.9 Å². The van der Waals surface area contributed by atoms with Gasteiger partial charge in [-0.3, -0.25) is 0 Å². The lowest BCUT2D eigenvalue weighted by atomic mass is 10.3. The summed E-state index contributed by atoms with van der Waals surface area (Å²) in [4.78, 5) is 4.10. The zero-order valence-electron chi connectivity index (χ0n) is 6.58. The maximum absolute atomic E-state index is 5.79. The van der Waals surface area contributed by atoms with Crippen molar-refractivity contribution in [2.75, 3.05) is 5.73 Å². The van der Waals surface area contributed by atoms with Crippen molar-refractivity contribution in [3.05, 3.63) is 23.1 Å². The third-order valence-corrected chi connectivity index (χ3v) is 2.49. The maximum atomic E-state index is 5.79. The highest BCUT2D eigenvalue weighted by Gasteiger charge is 2.06. The van der Waals surface area contributed by atoms with E-state index < -0.39 is 0 Å². The van der Waals surface area contributed by atoms with Crippen molar-refractivity contribution in [1.29, 1.82) is 0 Å². The largest absolute Gasteiger partial charge is 0.397 e. The summed E-state index contributed by atoms with van der Waals surface area (Å²) in [5.74, 6) is 0. The molecule has 12 heavy (non-hydrogen) atoms. The van der Waals surface area contributed by atoms with Gasteiger partial charge in [0.25, 0.3) is 0 Å². The summed E-state index contributed by atoms with van der Waals surface area (Å²) in [5.41, 5.74) is 7.64. The van der Waals surface area contributed by atoms with E-state index in [1.54, 1.807) is 6.20 Å². The van der Waals surface area contributed by atoms with Crippen LogP contribution in [0.5, 0.6) is 0 Å². The smallest absolute Gasteiger partial charge is 0.117 e. The molecule has 0 aliphatic heterocycles. The molecule has 0 aliphatic rings. The first-order valence-electron chi connectivity index (χ1n) is 3.55. The second-order valence-corrected chi connectivity index (χ2v) is 3.44. The minimum Gasteiger partial charge on any atom is -0.397 e. The summed E-state index contributed by atoms with van der Waals surface area (Å²) in [7, 11) is 1.96. The number of fused-ring (bicyclic) bond motifs is 1. The Labute approximate surface area is 78.3 Å². The topological polar surface area (TPSA) is 43.8 Å². The fraction of sp³-hybridized carbons (Fsp3) is 0.125. The van der Waals surface area contributed by atoms with Crippen LogP contribution in [0.4, 0.5) is 5.69 Å². The summed E-state index contributed by atoms with van der Waals surface area (Å²) in [5, 5.41) is 0.986. The number of rotatable bonds is 0. The number of nitrogens with two attached hydrogens (primary N) is 1. The van der Waals surface area contributed by atoms with Crippen molar-refractivity contribution >= 4 is 32.5 Å². The molecule has 0 bridgehead atoms. The molecule has 2 aromatic heterocycles. The average Bonchev–Trinajstić information content (AvgIpc) is 2.29. The molecule has 0 atom stereocenters. The Kier molecular flexibility index (Phi) is 1.58. The first-order valence-corrected chi connectivity index (χ1v) is 4.34. The maximum Gasteiger partial charge on any atom is 0.117 e. The number of anilines is 1. The van der Waals surface area contributed by atoms with Crippen LogP contribution in [0.15, 0.2) is 23.1 Å². The third-order valence-electron chi connectivity index (χ3n) is 1.88. The molecule has 0 saturated heterocycles. The fourth-order valence-electron chi connectivity index (χ4n) is 1.33. The Hall–Kier alpha value is -1.03. The van der Waals surface area contributed by atoms with E-state index in [-0.39, 0.29) is 0 Å². The average molecular weight is 226 g/mol. The normalized spacial score (nSPS) is 10.8. The van der Waals surface area contributed by atoms with E-state index in [9.17, 15) is 0 Å². The number of pyridine rings is 1. The molecule has 0 fully saturated rings. The molecule has 0 saturated carbocycles. The van der Waals surface area contributed by atoms with Gasteiger partial charge in [-0.25, -0.2) is 4.98 Å². The van der Waals surface area contributed by atoms with Crippen LogP contribution in [0.1, 0.15) is 0 Å². The minimum absolute atomic E-state index is 0.757. The molecule has 3 nitrogen and oxygen atoms in total.